The van der Waals surface area contributed by atoms with Crippen molar-refractivity contribution >= 4 is 11.6 Å². The molecule has 1 amide bonds. The monoisotopic (exact) mass is 299 g/mol. The Bertz CT molecular complexity index is 650. The molecule has 1 heterocycles. The second-order valence-corrected chi connectivity index (χ2v) is 4.44. The van der Waals surface area contributed by atoms with Crippen LogP contribution in [0, 0.1) is 0 Å². The molecule has 21 heavy (non-hydrogen) atoms. The minimum absolute atomic E-state index is 0.00794. The summed E-state index contributed by atoms with van der Waals surface area (Å²) in [5.74, 6) is -0.826. The summed E-state index contributed by atoms with van der Waals surface area (Å²) < 4.78 is 42.5. The summed E-state index contributed by atoms with van der Waals surface area (Å²) in [6, 6.07) is 5.22. The van der Waals surface area contributed by atoms with Crippen molar-refractivity contribution in [3.63, 3.8) is 0 Å². The highest BCUT2D eigenvalue weighted by Gasteiger charge is 2.30. The second kappa shape index (κ2) is 5.57. The molecule has 0 aliphatic carbocycles. The van der Waals surface area contributed by atoms with E-state index >= 15 is 0 Å². The minimum Gasteiger partial charge on any atom is -0.351 e. The van der Waals surface area contributed by atoms with Crippen LogP contribution in [0.1, 0.15) is 34.8 Å². The maximum absolute atomic E-state index is 12.6. The first-order chi connectivity index (χ1) is 9.77. The largest absolute Gasteiger partial charge is 0.416 e. The fourth-order valence-electron chi connectivity index (χ4n) is 1.58. The molecule has 8 heteroatoms. The molecule has 0 fully saturated rings. The van der Waals surface area contributed by atoms with E-state index in [9.17, 15) is 18.0 Å². The lowest BCUT2D eigenvalue weighted by molar-refractivity contribution is -0.137. The van der Waals surface area contributed by atoms with Crippen LogP contribution in [0.15, 0.2) is 34.9 Å². The average Bonchev–Trinajstić information content (AvgIpc) is 2.88. The zero-order chi connectivity index (χ0) is 15.6. The third-order valence-corrected chi connectivity index (χ3v) is 2.67. The van der Waals surface area contributed by atoms with Crippen LogP contribution in [-0.2, 0) is 6.18 Å². The molecule has 0 radical (unpaired) electrons. The Morgan fingerprint density at radius 2 is 2.10 bits per heavy atom. The molecule has 0 saturated heterocycles. The van der Waals surface area contributed by atoms with Crippen LogP contribution in [0.2, 0.25) is 0 Å². The van der Waals surface area contributed by atoms with Crippen LogP contribution in [0.3, 0.4) is 0 Å². The number of hydrogen-bond acceptors (Lipinski definition) is 4. The van der Waals surface area contributed by atoms with E-state index in [1.165, 1.54) is 18.2 Å². The maximum atomic E-state index is 12.6. The Hall–Kier alpha value is -2.35. The summed E-state index contributed by atoms with van der Waals surface area (Å²) in [7, 11) is 0. The zero-order valence-corrected chi connectivity index (χ0v) is 10.9. The van der Waals surface area contributed by atoms with Gasteiger partial charge < -0.3 is 15.6 Å². The zero-order valence-electron chi connectivity index (χ0n) is 10.9. The number of hydrogen-bond donors (Lipinski definition) is 2. The molecule has 0 aliphatic rings. The van der Waals surface area contributed by atoms with Gasteiger partial charge in [-0.3, -0.25) is 4.79 Å². The molecule has 112 valence electrons. The van der Waals surface area contributed by atoms with E-state index < -0.39 is 23.7 Å². The van der Waals surface area contributed by atoms with E-state index in [1.54, 1.807) is 6.92 Å². The normalized spacial score (nSPS) is 13.0. The minimum atomic E-state index is -4.48. The van der Waals surface area contributed by atoms with Gasteiger partial charge in [-0.25, -0.2) is 0 Å². The van der Waals surface area contributed by atoms with Crippen molar-refractivity contribution in [2.24, 2.45) is 5.73 Å². The van der Waals surface area contributed by atoms with Crippen LogP contribution in [0.5, 0.6) is 0 Å². The molecule has 2 aromatic rings. The molecule has 3 N–H and O–H groups in total. The molecule has 2 rings (SSSR count). The van der Waals surface area contributed by atoms with Gasteiger partial charge in [0.25, 0.3) is 5.91 Å². The number of aromatic nitrogens is 1. The number of carbonyl (C=O) groups is 1. The molecule has 1 atom stereocenters. The summed E-state index contributed by atoms with van der Waals surface area (Å²) >= 11 is 0. The number of amides is 1. The Morgan fingerprint density at radius 3 is 2.67 bits per heavy atom. The highest BCUT2D eigenvalue weighted by atomic mass is 19.4. The third kappa shape index (κ3) is 3.60. The van der Waals surface area contributed by atoms with Crippen molar-refractivity contribution in [2.45, 2.75) is 19.1 Å². The lowest BCUT2D eigenvalue weighted by Gasteiger charge is -2.08. The first-order valence-corrected chi connectivity index (χ1v) is 5.98. The summed E-state index contributed by atoms with van der Waals surface area (Å²) in [6.45, 7) is 1.66. The SMILES string of the molecule is C[C@@H](N)c1cc(C(=O)Nc2cccc(C(F)(F)F)c2)on1. The van der Waals surface area contributed by atoms with Crippen molar-refractivity contribution in [3.05, 3.63) is 47.3 Å². The van der Waals surface area contributed by atoms with Crippen molar-refractivity contribution in [1.82, 2.24) is 5.16 Å². The van der Waals surface area contributed by atoms with Gasteiger partial charge in [-0.2, -0.15) is 13.2 Å². The lowest BCUT2D eigenvalue weighted by atomic mass is 10.2. The van der Waals surface area contributed by atoms with Gasteiger partial charge in [-0.15, -0.1) is 0 Å². The van der Waals surface area contributed by atoms with E-state index in [0.717, 1.165) is 12.1 Å². The van der Waals surface area contributed by atoms with Crippen LogP contribution in [-0.4, -0.2) is 11.1 Å². The van der Waals surface area contributed by atoms with Crippen molar-refractivity contribution < 1.29 is 22.5 Å². The van der Waals surface area contributed by atoms with E-state index in [1.807, 2.05) is 0 Å². The Balaban J connectivity index is 2.15. The number of nitrogens with zero attached hydrogens (tertiary/aromatic N) is 1. The third-order valence-electron chi connectivity index (χ3n) is 2.67. The fraction of sp³-hybridized carbons (Fsp3) is 0.231. The first kappa shape index (κ1) is 15.0. The van der Waals surface area contributed by atoms with Crippen molar-refractivity contribution in [3.8, 4) is 0 Å². The highest BCUT2D eigenvalue weighted by Crippen LogP contribution is 2.30. The topological polar surface area (TPSA) is 81.2 Å². The second-order valence-electron chi connectivity index (χ2n) is 4.44. The number of carbonyl (C=O) groups excluding carboxylic acids is 1. The highest BCUT2D eigenvalue weighted by molar-refractivity contribution is 6.02. The van der Waals surface area contributed by atoms with Gasteiger partial charge in [-0.1, -0.05) is 11.2 Å². The molecule has 0 bridgehead atoms. The molecular formula is C13H12F3N3O2. The van der Waals surface area contributed by atoms with Gasteiger partial charge in [0.1, 0.15) is 5.69 Å². The molecule has 0 unspecified atom stereocenters. The predicted molar refractivity (Wildman–Crippen MR) is 68.5 cm³/mol. The van der Waals surface area contributed by atoms with E-state index in [0.29, 0.717) is 5.69 Å². The number of nitrogens with two attached hydrogens (primary N) is 1. The van der Waals surface area contributed by atoms with Gasteiger partial charge in [-0.05, 0) is 25.1 Å². The van der Waals surface area contributed by atoms with Crippen LogP contribution in [0.25, 0.3) is 0 Å². The van der Waals surface area contributed by atoms with Crippen LogP contribution < -0.4 is 11.1 Å². The van der Waals surface area contributed by atoms with Crippen molar-refractivity contribution in [2.75, 3.05) is 5.32 Å². The van der Waals surface area contributed by atoms with Gasteiger partial charge in [0, 0.05) is 17.8 Å². The quantitative estimate of drug-likeness (QED) is 0.913. The molecule has 0 aliphatic heterocycles. The van der Waals surface area contributed by atoms with E-state index in [-0.39, 0.29) is 11.4 Å². The van der Waals surface area contributed by atoms with E-state index in [2.05, 4.69) is 10.5 Å². The van der Waals surface area contributed by atoms with Gasteiger partial charge in [0.15, 0.2) is 0 Å². The molecule has 1 aromatic carbocycles. The molecule has 0 saturated carbocycles. The fourth-order valence-corrected chi connectivity index (χ4v) is 1.58. The number of benzene rings is 1. The number of alkyl halides is 3. The van der Waals surface area contributed by atoms with Crippen LogP contribution >= 0.6 is 0 Å². The van der Waals surface area contributed by atoms with Gasteiger partial charge in [0.05, 0.1) is 5.56 Å². The number of rotatable bonds is 3. The summed E-state index contributed by atoms with van der Waals surface area (Å²) in [4.78, 5) is 11.8. The molecule has 1 aromatic heterocycles. The average molecular weight is 299 g/mol. The maximum Gasteiger partial charge on any atom is 0.416 e. The Morgan fingerprint density at radius 1 is 1.38 bits per heavy atom. The van der Waals surface area contributed by atoms with Crippen molar-refractivity contribution in [1.29, 1.82) is 0 Å². The molecule has 5 nitrogen and oxygen atoms in total. The van der Waals surface area contributed by atoms with Crippen LogP contribution in [0.4, 0.5) is 18.9 Å². The smallest absolute Gasteiger partial charge is 0.351 e. The first-order valence-electron chi connectivity index (χ1n) is 5.98. The summed E-state index contributed by atoms with van der Waals surface area (Å²) in [6.07, 6.45) is -4.48. The Kier molecular flexibility index (Phi) is 3.99. The molecular weight excluding hydrogens is 287 g/mol. The Labute approximate surface area is 117 Å². The van der Waals surface area contributed by atoms with E-state index in [4.69, 9.17) is 10.3 Å². The molecule has 0 spiro atoms. The number of nitrogens with one attached hydrogen (secondary N) is 1. The number of anilines is 1. The van der Waals surface area contributed by atoms with Gasteiger partial charge >= 0.3 is 6.18 Å². The lowest BCUT2D eigenvalue weighted by Crippen LogP contribution is -2.12. The number of halogens is 3. The summed E-state index contributed by atoms with van der Waals surface area (Å²) in [5.41, 5.74) is 5.10. The summed E-state index contributed by atoms with van der Waals surface area (Å²) in [5, 5.41) is 5.90. The standard InChI is InChI=1S/C13H12F3N3O2/c1-7(17)10-6-11(21-19-10)12(20)18-9-4-2-3-8(5-9)13(14,15)16/h2-7H,17H2,1H3,(H,18,20)/t7-/m1/s1. The van der Waals surface area contributed by atoms with Gasteiger partial charge in [0.2, 0.25) is 5.76 Å². The predicted octanol–water partition coefficient (Wildman–Crippen LogP) is 2.97.